The first kappa shape index (κ1) is 20.1. The fraction of sp³-hybridized carbons (Fsp3) is 0.182. The number of nitrogen functional groups attached to an aromatic ring is 1. The summed E-state index contributed by atoms with van der Waals surface area (Å²) < 4.78 is 11.1. The average Bonchev–Trinajstić information content (AvgIpc) is 3.20. The van der Waals surface area contributed by atoms with Gasteiger partial charge in [0.05, 0.1) is 6.61 Å². The lowest BCUT2D eigenvalue weighted by molar-refractivity contribution is 0.307. The Labute approximate surface area is 179 Å². The van der Waals surface area contributed by atoms with E-state index >= 15 is 0 Å². The largest absolute Gasteiger partial charge is 0.464 e. The molecule has 2 aromatic carbocycles. The molecule has 4 aromatic rings. The number of ether oxygens (including phenoxy) is 2. The van der Waals surface area contributed by atoms with Crippen LogP contribution < -0.4 is 20.5 Å². The Hall–Kier alpha value is -4.14. The maximum Gasteiger partial charge on any atom is 0.321 e. The van der Waals surface area contributed by atoms with Crippen molar-refractivity contribution in [2.45, 2.75) is 20.8 Å². The van der Waals surface area contributed by atoms with Crippen LogP contribution in [0.15, 0.2) is 48.5 Å². The predicted octanol–water partition coefficient (Wildman–Crippen LogP) is 4.40. The van der Waals surface area contributed by atoms with Gasteiger partial charge in [0.1, 0.15) is 11.6 Å². The summed E-state index contributed by atoms with van der Waals surface area (Å²) in [6.45, 7) is 6.42. The number of benzene rings is 2. The first-order valence-corrected chi connectivity index (χ1v) is 9.83. The molecular weight excluding hydrogens is 394 g/mol. The second-order valence-corrected chi connectivity index (χ2v) is 6.87. The number of hydrogen-bond donors (Lipinski definition) is 3. The zero-order valence-electron chi connectivity index (χ0n) is 17.5. The normalized spacial score (nSPS) is 10.7. The van der Waals surface area contributed by atoms with Crippen LogP contribution in [0, 0.1) is 13.8 Å². The lowest BCUT2D eigenvalue weighted by Crippen LogP contribution is -2.01. The zero-order valence-corrected chi connectivity index (χ0v) is 17.5. The van der Waals surface area contributed by atoms with E-state index in [2.05, 4.69) is 50.4 Å². The number of aromatic nitrogens is 5. The topological polar surface area (TPSA) is 124 Å². The smallest absolute Gasteiger partial charge is 0.321 e. The van der Waals surface area contributed by atoms with E-state index in [4.69, 9.17) is 15.2 Å². The molecule has 0 saturated heterocycles. The summed E-state index contributed by atoms with van der Waals surface area (Å²) in [5, 5.41) is 11.7. The summed E-state index contributed by atoms with van der Waals surface area (Å²) in [5.74, 6) is 2.39. The molecule has 0 spiro atoms. The Morgan fingerprint density at radius 1 is 1.03 bits per heavy atom. The van der Waals surface area contributed by atoms with E-state index in [0.29, 0.717) is 30.0 Å². The fourth-order valence-corrected chi connectivity index (χ4v) is 2.93. The van der Waals surface area contributed by atoms with Crippen molar-refractivity contribution in [2.24, 2.45) is 0 Å². The number of hydrogen-bond acceptors (Lipinski definition) is 8. The molecule has 0 amide bonds. The van der Waals surface area contributed by atoms with Crippen LogP contribution in [0.5, 0.6) is 17.6 Å². The third kappa shape index (κ3) is 4.72. The molecule has 9 heteroatoms. The quantitative estimate of drug-likeness (QED) is 0.404. The number of nitrogens with one attached hydrogen (secondary N) is 2. The third-order valence-electron chi connectivity index (χ3n) is 4.67. The van der Waals surface area contributed by atoms with Gasteiger partial charge in [-0.15, -0.1) is 10.2 Å². The molecule has 2 heterocycles. The van der Waals surface area contributed by atoms with Crippen molar-refractivity contribution < 1.29 is 9.47 Å². The summed E-state index contributed by atoms with van der Waals surface area (Å²) in [6.07, 6.45) is 0. The van der Waals surface area contributed by atoms with Crippen molar-refractivity contribution in [1.29, 1.82) is 0 Å². The average molecular weight is 417 g/mol. The molecule has 0 fully saturated rings. The second-order valence-electron chi connectivity index (χ2n) is 6.87. The van der Waals surface area contributed by atoms with E-state index in [1.165, 1.54) is 17.2 Å². The maximum atomic E-state index is 5.78. The minimum Gasteiger partial charge on any atom is -0.464 e. The molecule has 0 saturated carbocycles. The second kappa shape index (κ2) is 8.70. The zero-order chi connectivity index (χ0) is 21.8. The molecule has 0 bridgehead atoms. The number of nitrogens with two attached hydrogens (primary N) is 1. The Morgan fingerprint density at radius 2 is 1.84 bits per heavy atom. The number of aryl methyl sites for hydroxylation is 1. The van der Waals surface area contributed by atoms with Crippen molar-refractivity contribution in [3.8, 4) is 29.0 Å². The minimum absolute atomic E-state index is 0.180. The van der Waals surface area contributed by atoms with Gasteiger partial charge in [0.25, 0.3) is 0 Å². The molecule has 0 aliphatic heterocycles. The summed E-state index contributed by atoms with van der Waals surface area (Å²) in [4.78, 5) is 11.4. The van der Waals surface area contributed by atoms with Crippen molar-refractivity contribution in [2.75, 3.05) is 17.7 Å². The van der Waals surface area contributed by atoms with E-state index in [-0.39, 0.29) is 11.8 Å². The summed E-state index contributed by atoms with van der Waals surface area (Å²) in [5.41, 5.74) is 10.0. The molecule has 158 valence electrons. The van der Waals surface area contributed by atoms with E-state index in [1.807, 2.05) is 43.3 Å². The van der Waals surface area contributed by atoms with Crippen molar-refractivity contribution >= 4 is 17.5 Å². The van der Waals surface area contributed by atoms with E-state index < -0.39 is 0 Å². The van der Waals surface area contributed by atoms with Gasteiger partial charge < -0.3 is 25.5 Å². The van der Waals surface area contributed by atoms with Crippen LogP contribution in [0.25, 0.3) is 11.4 Å². The van der Waals surface area contributed by atoms with Crippen LogP contribution in [0.1, 0.15) is 18.1 Å². The monoisotopic (exact) mass is 417 g/mol. The molecule has 0 atom stereocenters. The van der Waals surface area contributed by atoms with Gasteiger partial charge in [-0.05, 0) is 62.2 Å². The highest BCUT2D eigenvalue weighted by atomic mass is 16.5. The van der Waals surface area contributed by atoms with Gasteiger partial charge in [-0.1, -0.05) is 12.1 Å². The van der Waals surface area contributed by atoms with Gasteiger partial charge in [0.15, 0.2) is 5.82 Å². The highest BCUT2D eigenvalue weighted by molar-refractivity contribution is 5.63. The van der Waals surface area contributed by atoms with Gasteiger partial charge >= 0.3 is 6.01 Å². The number of nitrogens with zero attached hydrogens (tertiary/aromatic N) is 4. The van der Waals surface area contributed by atoms with E-state index in [0.717, 1.165) is 11.3 Å². The molecule has 31 heavy (non-hydrogen) atoms. The molecular formula is C22H23N7O2. The van der Waals surface area contributed by atoms with Crippen LogP contribution in [0.2, 0.25) is 0 Å². The highest BCUT2D eigenvalue weighted by Gasteiger charge is 2.09. The van der Waals surface area contributed by atoms with Crippen LogP contribution in [0.4, 0.5) is 17.5 Å². The number of aromatic amines is 1. The van der Waals surface area contributed by atoms with E-state index in [9.17, 15) is 0 Å². The van der Waals surface area contributed by atoms with Gasteiger partial charge in [-0.2, -0.15) is 9.97 Å². The molecule has 0 aliphatic carbocycles. The van der Waals surface area contributed by atoms with Crippen LogP contribution >= 0.6 is 0 Å². The Balaban J connectivity index is 1.47. The van der Waals surface area contributed by atoms with Gasteiger partial charge in [-0.25, -0.2) is 0 Å². The third-order valence-corrected chi connectivity index (χ3v) is 4.67. The maximum absolute atomic E-state index is 5.78. The van der Waals surface area contributed by atoms with Gasteiger partial charge in [0, 0.05) is 17.3 Å². The summed E-state index contributed by atoms with van der Waals surface area (Å²) in [7, 11) is 0. The molecule has 0 radical (unpaired) electrons. The van der Waals surface area contributed by atoms with Crippen LogP contribution in [-0.4, -0.2) is 31.8 Å². The van der Waals surface area contributed by atoms with Crippen molar-refractivity contribution in [3.63, 3.8) is 0 Å². The standard InChI is InChI=1S/C22H23N7O2/c1-4-30-22-25-18(23)12-19(26-22)31-16-10-8-15(9-11-16)20-27-21(29-28-20)24-17-7-5-6-13(2)14(17)3/h5-12H,4H2,1-3H3,(H2,23,25,26)(H2,24,27,28,29). The minimum atomic E-state index is 0.180. The predicted molar refractivity (Wildman–Crippen MR) is 119 cm³/mol. The first-order valence-electron chi connectivity index (χ1n) is 9.83. The van der Waals surface area contributed by atoms with Crippen LogP contribution in [-0.2, 0) is 0 Å². The molecule has 4 N–H and O–H groups in total. The van der Waals surface area contributed by atoms with Crippen molar-refractivity contribution in [1.82, 2.24) is 25.1 Å². The Kier molecular flexibility index (Phi) is 5.65. The van der Waals surface area contributed by atoms with Crippen LogP contribution in [0.3, 0.4) is 0 Å². The molecule has 4 rings (SSSR count). The molecule has 0 unspecified atom stereocenters. The first-order chi connectivity index (χ1) is 15.0. The molecule has 0 aliphatic rings. The number of rotatable bonds is 7. The lowest BCUT2D eigenvalue weighted by atomic mass is 10.1. The SMILES string of the molecule is CCOc1nc(N)cc(Oc2ccc(-c3nnc(Nc4cccc(C)c4C)[nH]3)cc2)n1. The fourth-order valence-electron chi connectivity index (χ4n) is 2.93. The Morgan fingerprint density at radius 3 is 2.61 bits per heavy atom. The lowest BCUT2D eigenvalue weighted by Gasteiger charge is -2.08. The van der Waals surface area contributed by atoms with Crippen molar-refractivity contribution in [3.05, 3.63) is 59.7 Å². The number of anilines is 3. The van der Waals surface area contributed by atoms with Gasteiger partial charge in [0.2, 0.25) is 11.8 Å². The highest BCUT2D eigenvalue weighted by Crippen LogP contribution is 2.26. The number of H-pyrrole nitrogens is 1. The van der Waals surface area contributed by atoms with Gasteiger partial charge in [-0.3, -0.25) is 0 Å². The van der Waals surface area contributed by atoms with E-state index in [1.54, 1.807) is 0 Å². The molecule has 2 aromatic heterocycles. The Bertz CT molecular complexity index is 1190. The summed E-state index contributed by atoms with van der Waals surface area (Å²) >= 11 is 0. The summed E-state index contributed by atoms with van der Waals surface area (Å²) in [6, 6.07) is 15.2. The molecule has 9 nitrogen and oxygen atoms in total.